The monoisotopic (exact) mass is 323 g/mol. The maximum atomic E-state index is 12.5. The fourth-order valence-electron chi connectivity index (χ4n) is 1.95. The predicted octanol–water partition coefficient (Wildman–Crippen LogP) is 2.97. The van der Waals surface area contributed by atoms with Crippen molar-refractivity contribution in [1.82, 2.24) is 0 Å². The number of amides is 1. The molecule has 0 aliphatic carbocycles. The quantitative estimate of drug-likeness (QED) is 0.882. The average Bonchev–Trinajstić information content (AvgIpc) is 2.94. The number of fused-ring (bicyclic) bond motifs is 1. The lowest BCUT2D eigenvalue weighted by Gasteiger charge is -2.19. The predicted molar refractivity (Wildman–Crippen MR) is 79.9 cm³/mol. The molecule has 108 valence electrons. The summed E-state index contributed by atoms with van der Waals surface area (Å²) in [6.45, 7) is -0.0743. The molecule has 0 saturated heterocycles. The van der Waals surface area contributed by atoms with Gasteiger partial charge in [0.25, 0.3) is 5.91 Å². The van der Waals surface area contributed by atoms with E-state index in [1.165, 1.54) is 17.4 Å². The van der Waals surface area contributed by atoms with Crippen LogP contribution in [0, 0.1) is 0 Å². The van der Waals surface area contributed by atoms with Crippen LogP contribution in [0.15, 0.2) is 23.6 Å². The number of methoxy groups -OCH3 is 1. The number of benzene rings is 1. The van der Waals surface area contributed by atoms with E-state index in [-0.39, 0.29) is 23.3 Å². The van der Waals surface area contributed by atoms with Gasteiger partial charge < -0.3 is 14.8 Å². The van der Waals surface area contributed by atoms with Crippen molar-refractivity contribution in [3.05, 3.63) is 39.0 Å². The summed E-state index contributed by atoms with van der Waals surface area (Å²) in [7, 11) is 1.54. The highest BCUT2D eigenvalue weighted by Gasteiger charge is 2.22. The zero-order valence-corrected chi connectivity index (χ0v) is 12.5. The van der Waals surface area contributed by atoms with E-state index < -0.39 is 0 Å². The number of carbonyl (C=O) groups excluding carboxylic acids is 2. The smallest absolute Gasteiger partial charge is 0.262 e. The van der Waals surface area contributed by atoms with E-state index in [4.69, 9.17) is 21.1 Å². The maximum absolute atomic E-state index is 12.5. The van der Waals surface area contributed by atoms with E-state index in [0.29, 0.717) is 27.6 Å². The highest BCUT2D eigenvalue weighted by molar-refractivity contribution is 7.12. The summed E-state index contributed by atoms with van der Waals surface area (Å²) in [4.78, 5) is 24.3. The Morgan fingerprint density at radius 3 is 2.95 bits per heavy atom. The first kappa shape index (κ1) is 13.9. The third-order valence-corrected chi connectivity index (χ3v) is 4.20. The summed E-state index contributed by atoms with van der Waals surface area (Å²) < 4.78 is 10.4. The van der Waals surface area contributed by atoms with Crippen molar-refractivity contribution in [3.63, 3.8) is 0 Å². The summed E-state index contributed by atoms with van der Waals surface area (Å²) in [5.41, 5.74) is 0.799. The molecule has 1 aliphatic rings. The second-order valence-electron chi connectivity index (χ2n) is 4.34. The SMILES string of the molecule is COc1csc(C(=O)c2cc3c(cc2Cl)NC(=O)CO3)c1. The van der Waals surface area contributed by atoms with Gasteiger partial charge in [-0.15, -0.1) is 11.3 Å². The lowest BCUT2D eigenvalue weighted by atomic mass is 10.1. The molecule has 7 heteroatoms. The summed E-state index contributed by atoms with van der Waals surface area (Å²) in [6, 6.07) is 4.73. The number of hydrogen-bond donors (Lipinski definition) is 1. The minimum Gasteiger partial charge on any atom is -0.496 e. The molecule has 0 fully saturated rings. The molecular weight excluding hydrogens is 314 g/mol. The summed E-state index contributed by atoms with van der Waals surface area (Å²) in [5.74, 6) is 0.601. The molecule has 1 aromatic carbocycles. The van der Waals surface area contributed by atoms with Crippen molar-refractivity contribution in [3.8, 4) is 11.5 Å². The van der Waals surface area contributed by atoms with E-state index in [9.17, 15) is 9.59 Å². The lowest BCUT2D eigenvalue weighted by Crippen LogP contribution is -2.25. The van der Waals surface area contributed by atoms with Gasteiger partial charge in [-0.3, -0.25) is 9.59 Å². The number of halogens is 1. The van der Waals surface area contributed by atoms with Gasteiger partial charge in [0.05, 0.1) is 22.7 Å². The number of rotatable bonds is 3. The highest BCUT2D eigenvalue weighted by atomic mass is 35.5. The molecule has 0 saturated carbocycles. The first-order chi connectivity index (χ1) is 10.1. The van der Waals surface area contributed by atoms with Crippen molar-refractivity contribution >= 4 is 40.3 Å². The number of ether oxygens (including phenoxy) is 2. The Hall–Kier alpha value is -2.05. The van der Waals surface area contributed by atoms with Crippen LogP contribution in [0.1, 0.15) is 15.2 Å². The fourth-order valence-corrected chi connectivity index (χ4v) is 3.01. The van der Waals surface area contributed by atoms with Crippen LogP contribution < -0.4 is 14.8 Å². The molecule has 1 aromatic heterocycles. The second-order valence-corrected chi connectivity index (χ2v) is 5.66. The third-order valence-electron chi connectivity index (χ3n) is 2.98. The molecule has 1 N–H and O–H groups in total. The normalized spacial score (nSPS) is 13.1. The molecule has 0 spiro atoms. The van der Waals surface area contributed by atoms with Gasteiger partial charge in [0.1, 0.15) is 11.5 Å². The first-order valence-corrected chi connectivity index (χ1v) is 7.27. The zero-order chi connectivity index (χ0) is 15.0. The molecule has 1 amide bonds. The number of nitrogens with one attached hydrogen (secondary N) is 1. The standard InChI is InChI=1S/C14H10ClNO4S/c1-19-7-2-12(21-6-7)14(18)8-3-11-10(4-9(8)15)16-13(17)5-20-11/h2-4,6H,5H2,1H3,(H,16,17). The highest BCUT2D eigenvalue weighted by Crippen LogP contribution is 2.35. The summed E-state index contributed by atoms with van der Waals surface area (Å²) in [6.07, 6.45) is 0. The zero-order valence-electron chi connectivity index (χ0n) is 10.9. The van der Waals surface area contributed by atoms with Crippen LogP contribution in [-0.2, 0) is 4.79 Å². The minimum atomic E-state index is -0.249. The van der Waals surface area contributed by atoms with Gasteiger partial charge in [0.15, 0.2) is 6.61 Å². The van der Waals surface area contributed by atoms with Crippen molar-refractivity contribution in [1.29, 1.82) is 0 Å². The van der Waals surface area contributed by atoms with Gasteiger partial charge in [-0.2, -0.15) is 0 Å². The number of anilines is 1. The molecule has 3 rings (SSSR count). The van der Waals surface area contributed by atoms with Gasteiger partial charge in [0, 0.05) is 17.0 Å². The number of carbonyl (C=O) groups is 2. The van der Waals surface area contributed by atoms with Crippen LogP contribution in [0.5, 0.6) is 11.5 Å². The Kier molecular flexibility index (Phi) is 3.57. The van der Waals surface area contributed by atoms with Gasteiger partial charge in [-0.25, -0.2) is 0 Å². The Balaban J connectivity index is 1.98. The fraction of sp³-hybridized carbons (Fsp3) is 0.143. The third kappa shape index (κ3) is 2.59. The molecule has 0 radical (unpaired) electrons. The topological polar surface area (TPSA) is 64.6 Å². The first-order valence-electron chi connectivity index (χ1n) is 6.02. The van der Waals surface area contributed by atoms with Crippen molar-refractivity contribution in [2.45, 2.75) is 0 Å². The Morgan fingerprint density at radius 2 is 2.24 bits per heavy atom. The van der Waals surface area contributed by atoms with Crippen LogP contribution in [0.4, 0.5) is 5.69 Å². The van der Waals surface area contributed by atoms with Crippen LogP contribution in [-0.4, -0.2) is 25.4 Å². The van der Waals surface area contributed by atoms with Crippen LogP contribution in [0.25, 0.3) is 0 Å². The van der Waals surface area contributed by atoms with Crippen molar-refractivity contribution in [2.24, 2.45) is 0 Å². The molecular formula is C14H10ClNO4S. The summed E-state index contributed by atoms with van der Waals surface area (Å²) >= 11 is 7.42. The molecule has 0 unspecified atom stereocenters. The Morgan fingerprint density at radius 1 is 1.43 bits per heavy atom. The van der Waals surface area contributed by atoms with Gasteiger partial charge >= 0.3 is 0 Å². The van der Waals surface area contributed by atoms with Gasteiger partial charge in [0.2, 0.25) is 5.78 Å². The Bertz CT molecular complexity index is 741. The maximum Gasteiger partial charge on any atom is 0.262 e. The molecule has 1 aliphatic heterocycles. The Labute approximate surface area is 129 Å². The van der Waals surface area contributed by atoms with E-state index in [1.807, 2.05) is 0 Å². The molecule has 2 heterocycles. The van der Waals surface area contributed by atoms with E-state index in [1.54, 1.807) is 24.6 Å². The second kappa shape index (κ2) is 5.38. The molecule has 0 atom stereocenters. The van der Waals surface area contributed by atoms with Crippen molar-refractivity contribution in [2.75, 3.05) is 19.0 Å². The largest absolute Gasteiger partial charge is 0.496 e. The molecule has 21 heavy (non-hydrogen) atoms. The molecule has 0 bridgehead atoms. The van der Waals surface area contributed by atoms with E-state index in [2.05, 4.69) is 5.32 Å². The lowest BCUT2D eigenvalue weighted by molar-refractivity contribution is -0.118. The average molecular weight is 324 g/mol. The van der Waals surface area contributed by atoms with Crippen LogP contribution in [0.3, 0.4) is 0 Å². The van der Waals surface area contributed by atoms with Gasteiger partial charge in [-0.1, -0.05) is 11.6 Å². The van der Waals surface area contributed by atoms with Gasteiger partial charge in [-0.05, 0) is 12.1 Å². The summed E-state index contributed by atoms with van der Waals surface area (Å²) in [5, 5.41) is 4.65. The number of hydrogen-bond acceptors (Lipinski definition) is 5. The molecule has 5 nitrogen and oxygen atoms in total. The number of thiophene rings is 1. The minimum absolute atomic E-state index is 0.0743. The van der Waals surface area contributed by atoms with Crippen LogP contribution in [0.2, 0.25) is 5.02 Å². The number of ketones is 1. The van der Waals surface area contributed by atoms with E-state index >= 15 is 0 Å². The molecule has 2 aromatic rings. The van der Waals surface area contributed by atoms with Crippen molar-refractivity contribution < 1.29 is 19.1 Å². The van der Waals surface area contributed by atoms with E-state index in [0.717, 1.165) is 0 Å². The van der Waals surface area contributed by atoms with Crippen LogP contribution >= 0.6 is 22.9 Å².